The van der Waals surface area contributed by atoms with Crippen molar-refractivity contribution >= 4 is 21.9 Å². The number of morpholine rings is 1. The van der Waals surface area contributed by atoms with E-state index in [1.54, 1.807) is 20.8 Å². The van der Waals surface area contributed by atoms with Gasteiger partial charge in [0, 0.05) is 25.2 Å². The maximum Gasteiger partial charge on any atom is 0.407 e. The number of sulfonamides is 1. The normalized spacial score (nSPS) is 18.7. The Morgan fingerprint density at radius 2 is 1.89 bits per heavy atom. The number of Topliss-reactive ketones (excluding diaryl/α,β-unsaturated/α-hetero) is 1. The molecule has 0 radical (unpaired) electrons. The van der Waals surface area contributed by atoms with E-state index < -0.39 is 27.8 Å². The van der Waals surface area contributed by atoms with Gasteiger partial charge >= 0.3 is 6.09 Å². The molecule has 1 heterocycles. The van der Waals surface area contributed by atoms with Gasteiger partial charge in [0.15, 0.2) is 5.78 Å². The zero-order chi connectivity index (χ0) is 20.2. The predicted octanol–water partition coefficient (Wildman–Crippen LogP) is 1.80. The molecule has 1 saturated heterocycles. The molecule has 0 saturated carbocycles. The lowest BCUT2D eigenvalue weighted by Crippen LogP contribution is -2.49. The summed E-state index contributed by atoms with van der Waals surface area (Å²) in [4.78, 5) is 23.2. The average molecular weight is 398 g/mol. The fourth-order valence-corrected chi connectivity index (χ4v) is 4.01. The Balaban J connectivity index is 1.99. The van der Waals surface area contributed by atoms with Crippen LogP contribution in [0.5, 0.6) is 0 Å². The molecule has 150 valence electrons. The zero-order valence-electron chi connectivity index (χ0n) is 16.0. The number of nitrogens with zero attached hydrogens (tertiary/aromatic N) is 1. The largest absolute Gasteiger partial charge is 0.444 e. The summed E-state index contributed by atoms with van der Waals surface area (Å²) in [6.07, 6.45) is -1.05. The Hall–Kier alpha value is -1.97. The van der Waals surface area contributed by atoms with E-state index in [1.807, 2.05) is 0 Å². The highest BCUT2D eigenvalue weighted by Gasteiger charge is 2.31. The Kier molecular flexibility index (Phi) is 6.61. The Labute approximate surface area is 159 Å². The third-order valence-electron chi connectivity index (χ3n) is 3.87. The number of rotatable bonds is 5. The molecule has 1 aliphatic heterocycles. The molecular weight excluding hydrogens is 372 g/mol. The molecule has 1 aromatic carbocycles. The second kappa shape index (κ2) is 8.37. The van der Waals surface area contributed by atoms with Crippen LogP contribution in [0.15, 0.2) is 29.2 Å². The van der Waals surface area contributed by atoms with Crippen LogP contribution >= 0.6 is 0 Å². The number of carbonyl (C=O) groups excluding carboxylic acids is 2. The van der Waals surface area contributed by atoms with Gasteiger partial charge in [0.25, 0.3) is 0 Å². The van der Waals surface area contributed by atoms with Crippen LogP contribution in [-0.2, 0) is 19.5 Å². The quantitative estimate of drug-likeness (QED) is 0.759. The van der Waals surface area contributed by atoms with Crippen molar-refractivity contribution in [3.8, 4) is 0 Å². The highest BCUT2D eigenvalue weighted by atomic mass is 32.2. The van der Waals surface area contributed by atoms with Gasteiger partial charge in [-0.15, -0.1) is 0 Å². The number of amides is 1. The van der Waals surface area contributed by atoms with E-state index in [9.17, 15) is 18.0 Å². The van der Waals surface area contributed by atoms with Gasteiger partial charge < -0.3 is 14.8 Å². The third-order valence-corrected chi connectivity index (χ3v) is 5.75. The molecule has 1 N–H and O–H groups in total. The summed E-state index contributed by atoms with van der Waals surface area (Å²) < 4.78 is 37.7. The molecule has 1 fully saturated rings. The van der Waals surface area contributed by atoms with Gasteiger partial charge in [-0.1, -0.05) is 12.1 Å². The second-order valence-corrected chi connectivity index (χ2v) is 9.26. The minimum absolute atomic E-state index is 0.118. The summed E-state index contributed by atoms with van der Waals surface area (Å²) in [6, 6.07) is 5.85. The van der Waals surface area contributed by atoms with Crippen LogP contribution in [0.25, 0.3) is 0 Å². The maximum atomic E-state index is 12.8. The van der Waals surface area contributed by atoms with Crippen LogP contribution in [0.4, 0.5) is 4.79 Å². The van der Waals surface area contributed by atoms with E-state index in [2.05, 4.69) is 5.32 Å². The Morgan fingerprint density at radius 3 is 2.44 bits per heavy atom. The second-order valence-electron chi connectivity index (χ2n) is 7.32. The van der Waals surface area contributed by atoms with Crippen LogP contribution in [0, 0.1) is 0 Å². The van der Waals surface area contributed by atoms with Gasteiger partial charge in [-0.25, -0.2) is 13.2 Å². The molecule has 1 aromatic rings. The van der Waals surface area contributed by atoms with Gasteiger partial charge in [0.05, 0.1) is 17.6 Å². The van der Waals surface area contributed by atoms with E-state index >= 15 is 0 Å². The Morgan fingerprint density at radius 1 is 1.26 bits per heavy atom. The average Bonchev–Trinajstić information content (AvgIpc) is 2.59. The molecule has 27 heavy (non-hydrogen) atoms. The summed E-state index contributed by atoms with van der Waals surface area (Å²) in [6.45, 7) is 7.41. The number of hydrogen-bond donors (Lipinski definition) is 1. The molecule has 1 aliphatic rings. The first-order valence-electron chi connectivity index (χ1n) is 8.68. The van der Waals surface area contributed by atoms with Crippen LogP contribution in [0.2, 0.25) is 0 Å². The van der Waals surface area contributed by atoms with Crippen molar-refractivity contribution < 1.29 is 27.5 Å². The predicted molar refractivity (Wildman–Crippen MR) is 99.2 cm³/mol. The lowest BCUT2D eigenvalue weighted by molar-refractivity contribution is -0.00357. The first-order chi connectivity index (χ1) is 12.5. The van der Waals surface area contributed by atoms with Crippen molar-refractivity contribution in [3.05, 3.63) is 29.8 Å². The van der Waals surface area contributed by atoms with Crippen molar-refractivity contribution in [1.82, 2.24) is 9.62 Å². The van der Waals surface area contributed by atoms with E-state index in [-0.39, 0.29) is 36.9 Å². The molecule has 1 amide bonds. The van der Waals surface area contributed by atoms with Gasteiger partial charge in [0.2, 0.25) is 10.0 Å². The first kappa shape index (κ1) is 21.3. The highest BCUT2D eigenvalue weighted by molar-refractivity contribution is 7.89. The van der Waals surface area contributed by atoms with Gasteiger partial charge in [-0.3, -0.25) is 4.79 Å². The molecule has 0 spiro atoms. The van der Waals surface area contributed by atoms with E-state index in [0.29, 0.717) is 5.56 Å². The molecule has 1 atom stereocenters. The third kappa shape index (κ3) is 6.02. The minimum Gasteiger partial charge on any atom is -0.444 e. The van der Waals surface area contributed by atoms with Crippen LogP contribution < -0.4 is 5.32 Å². The summed E-state index contributed by atoms with van der Waals surface area (Å²) >= 11 is 0. The molecule has 0 bridgehead atoms. The maximum absolute atomic E-state index is 12.8. The molecule has 2 rings (SSSR count). The number of hydrogen-bond acceptors (Lipinski definition) is 6. The van der Waals surface area contributed by atoms with Gasteiger partial charge in [0.1, 0.15) is 5.60 Å². The highest BCUT2D eigenvalue weighted by Crippen LogP contribution is 2.19. The van der Waals surface area contributed by atoms with Crippen LogP contribution in [0.1, 0.15) is 38.1 Å². The molecule has 0 unspecified atom stereocenters. The fraction of sp³-hybridized carbons (Fsp3) is 0.556. The van der Waals surface area contributed by atoms with Crippen molar-refractivity contribution in [2.24, 2.45) is 0 Å². The fourth-order valence-electron chi connectivity index (χ4n) is 2.56. The van der Waals surface area contributed by atoms with Crippen molar-refractivity contribution in [2.75, 3.05) is 26.2 Å². The Bertz CT molecular complexity index is 783. The molecule has 8 nitrogen and oxygen atoms in total. The lowest BCUT2D eigenvalue weighted by Gasteiger charge is -2.32. The van der Waals surface area contributed by atoms with Crippen molar-refractivity contribution in [3.63, 3.8) is 0 Å². The first-order valence-corrected chi connectivity index (χ1v) is 10.1. The van der Waals surface area contributed by atoms with Crippen molar-refractivity contribution in [1.29, 1.82) is 0 Å². The standard InChI is InChI=1S/C18H26N2O6S/c1-13(21)14-5-7-16(8-6-14)27(23,24)20-9-10-25-15(12-20)11-19-17(22)26-18(2,3)4/h5-8,15H,9-12H2,1-4H3,(H,19,22)/t15-/m1/s1. The van der Waals surface area contributed by atoms with E-state index in [4.69, 9.17) is 9.47 Å². The van der Waals surface area contributed by atoms with Gasteiger partial charge in [-0.05, 0) is 39.8 Å². The number of benzene rings is 1. The monoisotopic (exact) mass is 398 g/mol. The van der Waals surface area contributed by atoms with Crippen molar-refractivity contribution in [2.45, 2.75) is 44.3 Å². The SMILES string of the molecule is CC(=O)c1ccc(S(=O)(=O)N2CCO[C@H](CNC(=O)OC(C)(C)C)C2)cc1. The zero-order valence-corrected chi connectivity index (χ0v) is 16.8. The lowest BCUT2D eigenvalue weighted by atomic mass is 10.2. The van der Waals surface area contributed by atoms with E-state index in [1.165, 1.54) is 35.5 Å². The minimum atomic E-state index is -3.71. The molecule has 0 aromatic heterocycles. The topological polar surface area (TPSA) is 102 Å². The molecule has 9 heteroatoms. The number of ketones is 1. The van der Waals surface area contributed by atoms with Gasteiger partial charge in [-0.2, -0.15) is 4.31 Å². The number of nitrogens with one attached hydrogen (secondary N) is 1. The molecule has 0 aliphatic carbocycles. The number of alkyl carbamates (subject to hydrolysis) is 1. The van der Waals surface area contributed by atoms with E-state index in [0.717, 1.165) is 0 Å². The molecular formula is C18H26N2O6S. The summed E-state index contributed by atoms with van der Waals surface area (Å²) in [5.74, 6) is -0.126. The summed E-state index contributed by atoms with van der Waals surface area (Å²) in [5.41, 5.74) is -0.158. The van der Waals surface area contributed by atoms with Crippen LogP contribution in [0.3, 0.4) is 0 Å². The van der Waals surface area contributed by atoms with Crippen LogP contribution in [-0.4, -0.2) is 62.5 Å². The summed E-state index contributed by atoms with van der Waals surface area (Å²) in [5, 5.41) is 2.60. The smallest absolute Gasteiger partial charge is 0.407 e. The summed E-state index contributed by atoms with van der Waals surface area (Å²) in [7, 11) is -3.71. The number of ether oxygens (including phenoxy) is 2. The number of carbonyl (C=O) groups is 2.